The first-order valence-electron chi connectivity index (χ1n) is 8.03. The summed E-state index contributed by atoms with van der Waals surface area (Å²) in [5, 5.41) is 22.4. The summed E-state index contributed by atoms with van der Waals surface area (Å²) in [4.78, 5) is 0. The van der Waals surface area contributed by atoms with E-state index in [9.17, 15) is 10.2 Å². The normalized spacial score (nSPS) is 12.3. The summed E-state index contributed by atoms with van der Waals surface area (Å²) in [5.41, 5.74) is 1.88. The van der Waals surface area contributed by atoms with Crippen LogP contribution in [0, 0.1) is 0 Å². The average Bonchev–Trinajstić information content (AvgIpc) is 2.55. The van der Waals surface area contributed by atoms with E-state index < -0.39 is 0 Å². The summed E-state index contributed by atoms with van der Waals surface area (Å²) in [6.07, 6.45) is 2.05. The molecular weight excluding hydrogens is 312 g/mol. The molecule has 2 aromatic carbocycles. The Morgan fingerprint density at radius 2 is 1.00 bits per heavy atom. The molecule has 0 spiro atoms. The van der Waals surface area contributed by atoms with Gasteiger partial charge < -0.3 is 10.2 Å². The third-order valence-electron chi connectivity index (χ3n) is 4.12. The van der Waals surface area contributed by atoms with Crippen LogP contribution in [-0.2, 0) is 0 Å². The molecule has 3 heteroatoms. The van der Waals surface area contributed by atoms with Gasteiger partial charge in [0.05, 0.1) is 0 Å². The van der Waals surface area contributed by atoms with Crippen molar-refractivity contribution in [1.82, 2.24) is 0 Å². The Labute approximate surface area is 170 Å². The molecule has 0 fully saturated rings. The molecule has 0 bridgehead atoms. The first-order valence-corrected chi connectivity index (χ1v) is 8.03. The predicted octanol–water partition coefficient (Wildman–Crippen LogP) is 4.17. The Morgan fingerprint density at radius 1 is 0.696 bits per heavy atom. The zero-order valence-corrected chi connectivity index (χ0v) is 16.9. The van der Waals surface area contributed by atoms with Crippen molar-refractivity contribution < 1.29 is 10.2 Å². The van der Waals surface area contributed by atoms with Gasteiger partial charge in [0.1, 0.15) is 0 Å². The fourth-order valence-electron chi connectivity index (χ4n) is 2.22. The molecule has 2 aromatic rings. The van der Waals surface area contributed by atoms with Gasteiger partial charge in [0.25, 0.3) is 0 Å². The maximum absolute atomic E-state index is 11.2. The maximum atomic E-state index is 11.2. The van der Waals surface area contributed by atoms with E-state index in [1.54, 1.807) is 24.3 Å². The van der Waals surface area contributed by atoms with E-state index in [4.69, 9.17) is 0 Å². The number of para-hydroxylation sites is 2. The van der Waals surface area contributed by atoms with Crippen molar-refractivity contribution in [3.05, 3.63) is 59.7 Å². The second-order valence-electron chi connectivity index (χ2n) is 5.69. The molecule has 23 heavy (non-hydrogen) atoms. The van der Waals surface area contributed by atoms with E-state index in [1.807, 2.05) is 24.3 Å². The fraction of sp³-hybridized carbons (Fsp3) is 0.400. The maximum Gasteiger partial charge on any atom is 2.00 e. The van der Waals surface area contributed by atoms with Crippen LogP contribution in [0.5, 0.6) is 11.5 Å². The van der Waals surface area contributed by atoms with Gasteiger partial charge in [-0.1, -0.05) is 87.4 Å². The number of rotatable bonds is 4. The molecule has 0 saturated carbocycles. The van der Waals surface area contributed by atoms with Gasteiger partial charge in [0, 0.05) is 0 Å². The summed E-state index contributed by atoms with van der Waals surface area (Å²) in [6.45, 7) is 8.35. The van der Waals surface area contributed by atoms with Gasteiger partial charge >= 0.3 is 37.7 Å². The summed E-state index contributed by atoms with van der Waals surface area (Å²) in [5.74, 6) is 1.12. The Bertz CT molecular complexity index is 518. The minimum Gasteiger partial charge on any atom is -0.872 e. The van der Waals surface area contributed by atoms with Crippen LogP contribution in [0.3, 0.4) is 0 Å². The van der Waals surface area contributed by atoms with Gasteiger partial charge in [-0.2, -0.15) is 0 Å². The van der Waals surface area contributed by atoms with Crippen LogP contribution < -0.4 is 10.2 Å². The van der Waals surface area contributed by atoms with E-state index in [2.05, 4.69) is 27.7 Å². The molecule has 2 nitrogen and oxygen atoms in total. The largest absolute Gasteiger partial charge is 2.00 e. The van der Waals surface area contributed by atoms with Crippen molar-refractivity contribution in [2.24, 2.45) is 0 Å². The number of hydrogen-bond acceptors (Lipinski definition) is 2. The molecule has 2 atom stereocenters. The first-order chi connectivity index (χ1) is 10.5. The third-order valence-corrected chi connectivity index (χ3v) is 4.12. The molecule has 2 unspecified atom stereocenters. The van der Waals surface area contributed by atoms with Gasteiger partial charge in [-0.15, -0.1) is 11.5 Å². The van der Waals surface area contributed by atoms with Crippen molar-refractivity contribution in [2.75, 3.05) is 0 Å². The van der Waals surface area contributed by atoms with Gasteiger partial charge in [0.2, 0.25) is 0 Å². The SMILES string of the molecule is CCC(C)c1ccccc1[O-].CCC(C)c1ccccc1[O-].[Ca+2]. The van der Waals surface area contributed by atoms with Crippen LogP contribution >= 0.6 is 0 Å². The molecule has 0 aliphatic heterocycles. The molecular formula is C20H26CaO2. The van der Waals surface area contributed by atoms with Crippen LogP contribution in [0.15, 0.2) is 48.5 Å². The Balaban J connectivity index is 0.000000403. The van der Waals surface area contributed by atoms with E-state index in [0.29, 0.717) is 11.8 Å². The fourth-order valence-corrected chi connectivity index (χ4v) is 2.22. The van der Waals surface area contributed by atoms with Gasteiger partial charge in [-0.3, -0.25) is 0 Å². The van der Waals surface area contributed by atoms with Gasteiger partial charge in [-0.25, -0.2) is 0 Å². The second-order valence-corrected chi connectivity index (χ2v) is 5.69. The van der Waals surface area contributed by atoms with Crippen molar-refractivity contribution in [3.63, 3.8) is 0 Å². The van der Waals surface area contributed by atoms with Crippen molar-refractivity contribution >= 4 is 37.7 Å². The van der Waals surface area contributed by atoms with E-state index >= 15 is 0 Å². The molecule has 0 aliphatic carbocycles. The van der Waals surface area contributed by atoms with Crippen LogP contribution in [0.2, 0.25) is 0 Å². The standard InChI is InChI=1S/2C10H14O.Ca/c2*1-3-8(2)9-6-4-5-7-10(9)11;/h2*4-8,11H,3H2,1-2H3;/q;;+2/p-2. The molecule has 0 amide bonds. The molecule has 0 heterocycles. The Morgan fingerprint density at radius 3 is 1.26 bits per heavy atom. The van der Waals surface area contributed by atoms with Crippen LogP contribution in [0.1, 0.15) is 63.5 Å². The van der Waals surface area contributed by atoms with Crippen LogP contribution in [-0.4, -0.2) is 37.7 Å². The smallest absolute Gasteiger partial charge is 0.872 e. The summed E-state index contributed by atoms with van der Waals surface area (Å²) in [6, 6.07) is 14.5. The molecule has 0 aromatic heterocycles. The molecule has 2 rings (SSSR count). The molecule has 0 saturated heterocycles. The minimum absolute atomic E-state index is 0. The van der Waals surface area contributed by atoms with Crippen molar-refractivity contribution in [1.29, 1.82) is 0 Å². The summed E-state index contributed by atoms with van der Waals surface area (Å²) in [7, 11) is 0. The Kier molecular flexibility index (Phi) is 11.4. The van der Waals surface area contributed by atoms with Crippen LogP contribution in [0.4, 0.5) is 0 Å². The molecule has 0 radical (unpaired) electrons. The minimum atomic E-state index is 0. The quantitative estimate of drug-likeness (QED) is 0.786. The van der Waals surface area contributed by atoms with E-state index in [-0.39, 0.29) is 49.2 Å². The monoisotopic (exact) mass is 338 g/mol. The predicted molar refractivity (Wildman–Crippen MR) is 94.9 cm³/mol. The van der Waals surface area contributed by atoms with Gasteiger partial charge in [-0.05, 0) is 24.7 Å². The molecule has 120 valence electrons. The number of hydrogen-bond donors (Lipinski definition) is 0. The summed E-state index contributed by atoms with van der Waals surface area (Å²) >= 11 is 0. The second kappa shape index (κ2) is 11.8. The number of benzene rings is 2. The zero-order chi connectivity index (χ0) is 16.5. The third kappa shape index (κ3) is 7.15. The van der Waals surface area contributed by atoms with Crippen molar-refractivity contribution in [2.45, 2.75) is 52.4 Å². The van der Waals surface area contributed by atoms with Crippen molar-refractivity contribution in [3.8, 4) is 11.5 Å². The van der Waals surface area contributed by atoms with Gasteiger partial charge in [0.15, 0.2) is 0 Å². The Hall–Kier alpha value is -0.700. The van der Waals surface area contributed by atoms with E-state index in [0.717, 1.165) is 24.0 Å². The van der Waals surface area contributed by atoms with E-state index in [1.165, 1.54) is 0 Å². The van der Waals surface area contributed by atoms with Crippen LogP contribution in [0.25, 0.3) is 0 Å². The first kappa shape index (κ1) is 22.3. The summed E-state index contributed by atoms with van der Waals surface area (Å²) < 4.78 is 0. The molecule has 0 N–H and O–H groups in total. The average molecular weight is 339 g/mol. The molecule has 0 aliphatic rings. The zero-order valence-electron chi connectivity index (χ0n) is 14.7. The topological polar surface area (TPSA) is 46.1 Å².